The van der Waals surface area contributed by atoms with Crippen LogP contribution in [0.4, 0.5) is 11.4 Å². The summed E-state index contributed by atoms with van der Waals surface area (Å²) in [6.45, 7) is 2.85. The van der Waals surface area contributed by atoms with E-state index in [-0.39, 0.29) is 0 Å². The number of anilines is 2. The monoisotopic (exact) mass is 213 g/mol. The first kappa shape index (κ1) is 10.5. The van der Waals surface area contributed by atoms with Gasteiger partial charge in [0.15, 0.2) is 0 Å². The molecule has 3 heteroatoms. The van der Waals surface area contributed by atoms with Gasteiger partial charge in [0.2, 0.25) is 0 Å². The number of hydrogen-bond donors (Lipinski definition) is 2. The van der Waals surface area contributed by atoms with Crippen LogP contribution in [0.3, 0.4) is 0 Å². The predicted octanol–water partition coefficient (Wildman–Crippen LogP) is 2.58. The molecule has 0 atom stereocenters. The molecule has 0 saturated heterocycles. The third-order valence-electron chi connectivity index (χ3n) is 2.51. The molecule has 2 aromatic rings. The van der Waals surface area contributed by atoms with Crippen LogP contribution < -0.4 is 11.1 Å². The molecule has 0 spiro atoms. The Morgan fingerprint density at radius 1 is 1.31 bits per heavy atom. The molecular formula is C13H15N3. The molecule has 0 unspecified atom stereocenters. The molecule has 0 saturated carbocycles. The van der Waals surface area contributed by atoms with Gasteiger partial charge in [-0.2, -0.15) is 0 Å². The highest BCUT2D eigenvalue weighted by atomic mass is 14.9. The molecule has 0 amide bonds. The van der Waals surface area contributed by atoms with Gasteiger partial charge < -0.3 is 11.1 Å². The summed E-state index contributed by atoms with van der Waals surface area (Å²) in [4.78, 5) is 4.07. The first-order chi connectivity index (χ1) is 7.75. The molecule has 0 aliphatic rings. The summed E-state index contributed by atoms with van der Waals surface area (Å²) in [6, 6.07) is 9.78. The summed E-state index contributed by atoms with van der Waals surface area (Å²) in [5, 5.41) is 3.33. The van der Waals surface area contributed by atoms with E-state index >= 15 is 0 Å². The topological polar surface area (TPSA) is 50.9 Å². The van der Waals surface area contributed by atoms with Crippen LogP contribution in [0.2, 0.25) is 0 Å². The average Bonchev–Trinajstić information content (AvgIpc) is 2.28. The Labute approximate surface area is 95.3 Å². The highest BCUT2D eigenvalue weighted by molar-refractivity contribution is 5.54. The SMILES string of the molecule is Cc1cnccc1CNc1cccc(N)c1. The number of aryl methyl sites for hydroxylation is 1. The molecule has 0 aliphatic heterocycles. The highest BCUT2D eigenvalue weighted by Gasteiger charge is 1.97. The van der Waals surface area contributed by atoms with Gasteiger partial charge in [0, 0.05) is 30.3 Å². The summed E-state index contributed by atoms with van der Waals surface area (Å²) in [5.74, 6) is 0. The van der Waals surface area contributed by atoms with Crippen molar-refractivity contribution in [2.45, 2.75) is 13.5 Å². The smallest absolute Gasteiger partial charge is 0.0404 e. The number of aromatic nitrogens is 1. The van der Waals surface area contributed by atoms with Gasteiger partial charge in [-0.1, -0.05) is 6.07 Å². The highest BCUT2D eigenvalue weighted by Crippen LogP contribution is 2.14. The lowest BCUT2D eigenvalue weighted by Crippen LogP contribution is -2.01. The summed E-state index contributed by atoms with van der Waals surface area (Å²) < 4.78 is 0. The summed E-state index contributed by atoms with van der Waals surface area (Å²) in [5.41, 5.74) is 9.96. The van der Waals surface area contributed by atoms with Gasteiger partial charge in [-0.3, -0.25) is 4.98 Å². The van der Waals surface area contributed by atoms with Gasteiger partial charge in [-0.15, -0.1) is 0 Å². The summed E-state index contributed by atoms with van der Waals surface area (Å²) in [7, 11) is 0. The minimum absolute atomic E-state index is 0.774. The molecule has 3 N–H and O–H groups in total. The molecule has 1 aromatic carbocycles. The number of nitrogens with zero attached hydrogens (tertiary/aromatic N) is 1. The zero-order valence-electron chi connectivity index (χ0n) is 9.27. The van der Waals surface area contributed by atoms with E-state index in [1.165, 1.54) is 11.1 Å². The molecule has 16 heavy (non-hydrogen) atoms. The molecule has 82 valence electrons. The van der Waals surface area contributed by atoms with Crippen molar-refractivity contribution < 1.29 is 0 Å². The zero-order chi connectivity index (χ0) is 11.4. The van der Waals surface area contributed by atoms with E-state index in [2.05, 4.69) is 17.2 Å². The number of nitrogens with two attached hydrogens (primary N) is 1. The third kappa shape index (κ3) is 2.51. The van der Waals surface area contributed by atoms with E-state index in [9.17, 15) is 0 Å². The van der Waals surface area contributed by atoms with Crippen LogP contribution in [0, 0.1) is 6.92 Å². The quantitative estimate of drug-likeness (QED) is 0.770. The second-order valence-corrected chi connectivity index (χ2v) is 3.78. The normalized spacial score (nSPS) is 10.1. The predicted molar refractivity (Wildman–Crippen MR) is 67.2 cm³/mol. The van der Waals surface area contributed by atoms with Crippen LogP contribution in [0.1, 0.15) is 11.1 Å². The molecule has 1 aromatic heterocycles. The van der Waals surface area contributed by atoms with Gasteiger partial charge in [0.05, 0.1) is 0 Å². The van der Waals surface area contributed by atoms with Crippen LogP contribution in [0.5, 0.6) is 0 Å². The van der Waals surface area contributed by atoms with Crippen molar-refractivity contribution in [3.8, 4) is 0 Å². The van der Waals surface area contributed by atoms with Gasteiger partial charge in [-0.05, 0) is 42.3 Å². The molecule has 0 bridgehead atoms. The molecule has 3 nitrogen and oxygen atoms in total. The van der Waals surface area contributed by atoms with Gasteiger partial charge in [0.1, 0.15) is 0 Å². The van der Waals surface area contributed by atoms with Crippen molar-refractivity contribution in [3.63, 3.8) is 0 Å². The van der Waals surface area contributed by atoms with Crippen molar-refractivity contribution in [3.05, 3.63) is 53.9 Å². The van der Waals surface area contributed by atoms with Crippen molar-refractivity contribution in [1.82, 2.24) is 4.98 Å². The lowest BCUT2D eigenvalue weighted by atomic mass is 10.1. The Morgan fingerprint density at radius 2 is 2.19 bits per heavy atom. The van der Waals surface area contributed by atoms with E-state index < -0.39 is 0 Å². The van der Waals surface area contributed by atoms with E-state index in [1.807, 2.05) is 42.7 Å². The third-order valence-corrected chi connectivity index (χ3v) is 2.51. The standard InChI is InChI=1S/C13H15N3/c1-10-8-15-6-5-11(10)9-16-13-4-2-3-12(14)7-13/h2-8,16H,9,14H2,1H3. The van der Waals surface area contributed by atoms with Crippen LogP contribution in [0.15, 0.2) is 42.7 Å². The van der Waals surface area contributed by atoms with Crippen molar-refractivity contribution in [1.29, 1.82) is 0 Å². The van der Waals surface area contributed by atoms with E-state index in [1.54, 1.807) is 0 Å². The second kappa shape index (κ2) is 4.66. The minimum atomic E-state index is 0.774. The lowest BCUT2D eigenvalue weighted by Gasteiger charge is -2.08. The Balaban J connectivity index is 2.05. The largest absolute Gasteiger partial charge is 0.399 e. The lowest BCUT2D eigenvalue weighted by molar-refractivity contribution is 1.09. The maximum Gasteiger partial charge on any atom is 0.0404 e. The number of rotatable bonds is 3. The first-order valence-electron chi connectivity index (χ1n) is 5.24. The summed E-state index contributed by atoms with van der Waals surface area (Å²) in [6.07, 6.45) is 3.68. The van der Waals surface area contributed by atoms with E-state index in [0.29, 0.717) is 0 Å². The average molecular weight is 213 g/mol. The van der Waals surface area contributed by atoms with Crippen molar-refractivity contribution in [2.75, 3.05) is 11.1 Å². The number of pyridine rings is 1. The molecule has 0 radical (unpaired) electrons. The molecule has 1 heterocycles. The summed E-state index contributed by atoms with van der Waals surface area (Å²) >= 11 is 0. The minimum Gasteiger partial charge on any atom is -0.399 e. The van der Waals surface area contributed by atoms with E-state index in [0.717, 1.165) is 17.9 Å². The van der Waals surface area contributed by atoms with E-state index in [4.69, 9.17) is 5.73 Å². The molecule has 2 rings (SSSR count). The number of nitrogen functional groups attached to an aromatic ring is 1. The Bertz CT molecular complexity index is 480. The fraction of sp³-hybridized carbons (Fsp3) is 0.154. The second-order valence-electron chi connectivity index (χ2n) is 3.78. The Kier molecular flexibility index (Phi) is 3.05. The van der Waals surface area contributed by atoms with Crippen molar-refractivity contribution in [2.24, 2.45) is 0 Å². The number of nitrogens with one attached hydrogen (secondary N) is 1. The van der Waals surface area contributed by atoms with Gasteiger partial charge in [-0.25, -0.2) is 0 Å². The molecular weight excluding hydrogens is 198 g/mol. The van der Waals surface area contributed by atoms with Crippen LogP contribution in [-0.2, 0) is 6.54 Å². The fourth-order valence-corrected chi connectivity index (χ4v) is 1.55. The van der Waals surface area contributed by atoms with Gasteiger partial charge in [0.25, 0.3) is 0 Å². The zero-order valence-corrected chi connectivity index (χ0v) is 9.27. The van der Waals surface area contributed by atoms with Crippen LogP contribution >= 0.6 is 0 Å². The fourth-order valence-electron chi connectivity index (χ4n) is 1.55. The van der Waals surface area contributed by atoms with Crippen molar-refractivity contribution >= 4 is 11.4 Å². The first-order valence-corrected chi connectivity index (χ1v) is 5.24. The molecule has 0 fully saturated rings. The molecule has 0 aliphatic carbocycles. The maximum absolute atomic E-state index is 5.71. The number of hydrogen-bond acceptors (Lipinski definition) is 3. The Hall–Kier alpha value is -2.03. The van der Waals surface area contributed by atoms with Crippen LogP contribution in [-0.4, -0.2) is 4.98 Å². The number of benzene rings is 1. The van der Waals surface area contributed by atoms with Crippen LogP contribution in [0.25, 0.3) is 0 Å². The Morgan fingerprint density at radius 3 is 2.94 bits per heavy atom. The maximum atomic E-state index is 5.71. The van der Waals surface area contributed by atoms with Gasteiger partial charge >= 0.3 is 0 Å².